The summed E-state index contributed by atoms with van der Waals surface area (Å²) in [4.78, 5) is 28.2. The molecule has 1 fully saturated rings. The summed E-state index contributed by atoms with van der Waals surface area (Å²) in [5.74, 6) is 0.126. The molecular weight excluding hydrogens is 378 g/mol. The van der Waals surface area contributed by atoms with Crippen LogP contribution in [0, 0.1) is 10.8 Å². The van der Waals surface area contributed by atoms with Crippen LogP contribution < -0.4 is 5.32 Å². The van der Waals surface area contributed by atoms with Gasteiger partial charge < -0.3 is 5.32 Å². The van der Waals surface area contributed by atoms with Crippen molar-refractivity contribution >= 4 is 27.2 Å². The van der Waals surface area contributed by atoms with Crippen molar-refractivity contribution in [1.29, 1.82) is 0 Å². The molecule has 1 saturated carbocycles. The van der Waals surface area contributed by atoms with Gasteiger partial charge in [0.1, 0.15) is 11.5 Å². The van der Waals surface area contributed by atoms with Crippen LogP contribution >= 0.6 is 0 Å². The number of nitrogens with zero attached hydrogens (tertiary/aromatic N) is 2. The van der Waals surface area contributed by atoms with E-state index in [1.807, 2.05) is 0 Å². The third-order valence-electron chi connectivity index (χ3n) is 5.16. The van der Waals surface area contributed by atoms with Gasteiger partial charge in [0.2, 0.25) is 5.91 Å². The predicted molar refractivity (Wildman–Crippen MR) is 107 cm³/mol. The number of hydrogen-bond acceptors (Lipinski definition) is 6. The molecule has 1 heterocycles. The average molecular weight is 401 g/mol. The summed E-state index contributed by atoms with van der Waals surface area (Å²) < 4.78 is 23.7. The summed E-state index contributed by atoms with van der Waals surface area (Å²) in [7, 11) is -3.58. The Balaban J connectivity index is 1.93. The molecule has 8 heteroatoms. The molecule has 1 aliphatic carbocycles. The Kier molecular flexibility index (Phi) is 6.18. The number of nitroso groups, excluding NO2 is 1. The van der Waals surface area contributed by atoms with Crippen LogP contribution in [0.2, 0.25) is 0 Å². The van der Waals surface area contributed by atoms with Crippen LogP contribution in [0.1, 0.15) is 43.6 Å². The van der Waals surface area contributed by atoms with Crippen LogP contribution in [-0.4, -0.2) is 25.6 Å². The minimum absolute atomic E-state index is 0.129. The minimum Gasteiger partial charge on any atom is -0.310 e. The Morgan fingerprint density at radius 3 is 2.61 bits per heavy atom. The molecule has 148 valence electrons. The van der Waals surface area contributed by atoms with Crippen LogP contribution in [0.25, 0.3) is 0 Å². The lowest BCUT2D eigenvalue weighted by atomic mass is 9.87. The first-order valence-electron chi connectivity index (χ1n) is 9.27. The Labute approximate surface area is 164 Å². The molecule has 1 aromatic carbocycles. The molecule has 1 N–H and O–H groups in total. The van der Waals surface area contributed by atoms with Gasteiger partial charge in [-0.15, -0.1) is 4.91 Å². The van der Waals surface area contributed by atoms with Gasteiger partial charge >= 0.3 is 0 Å². The summed E-state index contributed by atoms with van der Waals surface area (Å²) in [6, 6.07) is 9.62. The molecule has 28 heavy (non-hydrogen) atoms. The van der Waals surface area contributed by atoms with E-state index < -0.39 is 15.8 Å². The number of pyridine rings is 1. The van der Waals surface area contributed by atoms with Crippen LogP contribution in [0.4, 0.5) is 11.5 Å². The SMILES string of the molecule is CS(=O)(=O)c1ccc(C(CC2CCCC2)C(=O)Nc2ccccn2)cc1N=O. The van der Waals surface area contributed by atoms with E-state index in [1.54, 1.807) is 30.5 Å². The second-order valence-corrected chi connectivity index (χ2v) is 9.22. The van der Waals surface area contributed by atoms with Crippen molar-refractivity contribution in [1.82, 2.24) is 4.98 Å². The molecule has 7 nitrogen and oxygen atoms in total. The van der Waals surface area contributed by atoms with Crippen molar-refractivity contribution in [2.45, 2.75) is 42.9 Å². The minimum atomic E-state index is -3.58. The molecule has 0 saturated heterocycles. The maximum Gasteiger partial charge on any atom is 0.233 e. The van der Waals surface area contributed by atoms with Gasteiger partial charge in [-0.2, -0.15) is 0 Å². The van der Waals surface area contributed by atoms with Gasteiger partial charge in [0.05, 0.1) is 10.8 Å². The van der Waals surface area contributed by atoms with E-state index in [0.29, 0.717) is 23.7 Å². The Bertz CT molecular complexity index is 955. The Hall–Kier alpha value is -2.61. The highest BCUT2D eigenvalue weighted by molar-refractivity contribution is 7.90. The zero-order valence-corrected chi connectivity index (χ0v) is 16.5. The molecule has 1 amide bonds. The lowest BCUT2D eigenvalue weighted by Crippen LogP contribution is -2.23. The first kappa shape index (κ1) is 20.1. The largest absolute Gasteiger partial charge is 0.310 e. The molecular formula is C20H23N3O4S. The quantitative estimate of drug-likeness (QED) is 0.701. The van der Waals surface area contributed by atoms with Crippen molar-refractivity contribution in [2.24, 2.45) is 11.1 Å². The smallest absolute Gasteiger partial charge is 0.233 e. The first-order chi connectivity index (χ1) is 13.4. The lowest BCUT2D eigenvalue weighted by Gasteiger charge is -2.21. The third-order valence-corrected chi connectivity index (χ3v) is 6.30. The zero-order chi connectivity index (χ0) is 20.1. The predicted octanol–water partition coefficient (Wildman–Crippen LogP) is 4.19. The fraction of sp³-hybridized carbons (Fsp3) is 0.400. The molecule has 3 rings (SSSR count). The fourth-order valence-electron chi connectivity index (χ4n) is 3.76. The zero-order valence-electron chi connectivity index (χ0n) is 15.7. The van der Waals surface area contributed by atoms with E-state index in [9.17, 15) is 18.1 Å². The Morgan fingerprint density at radius 2 is 2.00 bits per heavy atom. The average Bonchev–Trinajstić information content (AvgIpc) is 3.19. The van der Waals surface area contributed by atoms with Crippen LogP contribution in [0.15, 0.2) is 52.7 Å². The highest BCUT2D eigenvalue weighted by Gasteiger charge is 2.28. The lowest BCUT2D eigenvalue weighted by molar-refractivity contribution is -0.118. The number of amides is 1. The van der Waals surface area contributed by atoms with E-state index in [1.165, 1.54) is 12.1 Å². The third kappa shape index (κ3) is 4.81. The van der Waals surface area contributed by atoms with Gasteiger partial charge in [-0.25, -0.2) is 13.4 Å². The number of rotatable bonds is 7. The van der Waals surface area contributed by atoms with Gasteiger partial charge in [-0.3, -0.25) is 4.79 Å². The van der Waals surface area contributed by atoms with Crippen LogP contribution in [-0.2, 0) is 14.6 Å². The molecule has 1 aromatic heterocycles. The molecule has 0 radical (unpaired) electrons. The number of aromatic nitrogens is 1. The van der Waals surface area contributed by atoms with Crippen LogP contribution in [0.3, 0.4) is 0 Å². The fourth-order valence-corrected chi connectivity index (χ4v) is 4.55. The maximum atomic E-state index is 13.0. The van der Waals surface area contributed by atoms with Gasteiger partial charge in [0, 0.05) is 12.5 Å². The molecule has 1 unspecified atom stereocenters. The van der Waals surface area contributed by atoms with Crippen molar-refractivity contribution in [2.75, 3.05) is 11.6 Å². The van der Waals surface area contributed by atoms with Gasteiger partial charge in [0.25, 0.3) is 0 Å². The monoisotopic (exact) mass is 401 g/mol. The Morgan fingerprint density at radius 1 is 1.25 bits per heavy atom. The van der Waals surface area contributed by atoms with E-state index in [4.69, 9.17) is 0 Å². The summed E-state index contributed by atoms with van der Waals surface area (Å²) in [5, 5.41) is 5.70. The first-order valence-corrected chi connectivity index (χ1v) is 11.2. The number of nitrogens with one attached hydrogen (secondary N) is 1. The topological polar surface area (TPSA) is 106 Å². The van der Waals surface area contributed by atoms with Crippen LogP contribution in [0.5, 0.6) is 0 Å². The van der Waals surface area contributed by atoms with E-state index in [2.05, 4.69) is 15.5 Å². The second kappa shape index (κ2) is 8.60. The highest BCUT2D eigenvalue weighted by Crippen LogP contribution is 2.37. The summed E-state index contributed by atoms with van der Waals surface area (Å²) in [6.45, 7) is 0. The van der Waals surface area contributed by atoms with E-state index >= 15 is 0 Å². The number of sulfone groups is 1. The van der Waals surface area contributed by atoms with Crippen molar-refractivity contribution < 1.29 is 13.2 Å². The number of carbonyl (C=O) groups excluding carboxylic acids is 1. The molecule has 0 spiro atoms. The van der Waals surface area contributed by atoms with Crippen molar-refractivity contribution in [3.63, 3.8) is 0 Å². The molecule has 1 atom stereocenters. The second-order valence-electron chi connectivity index (χ2n) is 7.23. The number of anilines is 1. The normalized spacial score (nSPS) is 15.9. The number of hydrogen-bond donors (Lipinski definition) is 1. The van der Waals surface area contributed by atoms with Crippen molar-refractivity contribution in [3.8, 4) is 0 Å². The van der Waals surface area contributed by atoms with Gasteiger partial charge in [-0.05, 0) is 47.3 Å². The van der Waals surface area contributed by atoms with E-state index in [0.717, 1.165) is 31.9 Å². The van der Waals surface area contributed by atoms with Gasteiger partial charge in [0.15, 0.2) is 9.84 Å². The van der Waals surface area contributed by atoms with E-state index in [-0.39, 0.29) is 16.5 Å². The highest BCUT2D eigenvalue weighted by atomic mass is 32.2. The summed E-state index contributed by atoms with van der Waals surface area (Å²) in [5.41, 5.74) is 0.421. The summed E-state index contributed by atoms with van der Waals surface area (Å²) in [6.07, 6.45) is 7.68. The molecule has 1 aliphatic rings. The maximum absolute atomic E-state index is 13.0. The molecule has 0 bridgehead atoms. The molecule has 2 aromatic rings. The summed E-state index contributed by atoms with van der Waals surface area (Å²) >= 11 is 0. The number of benzene rings is 1. The molecule has 0 aliphatic heterocycles. The van der Waals surface area contributed by atoms with Crippen molar-refractivity contribution in [3.05, 3.63) is 53.1 Å². The van der Waals surface area contributed by atoms with Gasteiger partial charge in [-0.1, -0.05) is 37.8 Å². The standard InChI is InChI=1S/C20H23N3O4S/c1-28(26,27)18-10-9-15(13-17(18)23-25)16(12-14-6-2-3-7-14)20(24)22-19-8-4-5-11-21-19/h4-5,8-11,13-14,16H,2-3,6-7,12H2,1H3,(H,21,22,24). The number of carbonyl (C=O) groups is 1.